The van der Waals surface area contributed by atoms with Crippen LogP contribution >= 0.6 is 11.3 Å². The van der Waals surface area contributed by atoms with Crippen molar-refractivity contribution in [3.05, 3.63) is 26.6 Å². The van der Waals surface area contributed by atoms with Gasteiger partial charge in [-0.1, -0.05) is 11.3 Å². The summed E-state index contributed by atoms with van der Waals surface area (Å²) in [6.45, 7) is 2.20. The Morgan fingerprint density at radius 2 is 1.95 bits per heavy atom. The summed E-state index contributed by atoms with van der Waals surface area (Å²) in [6, 6.07) is 2.80. The average molecular weight is 284 g/mol. The zero-order valence-electron chi connectivity index (χ0n) is 9.91. The van der Waals surface area contributed by atoms with Gasteiger partial charge in [-0.2, -0.15) is 5.26 Å². The lowest BCUT2D eigenvalue weighted by Crippen LogP contribution is -2.13. The van der Waals surface area contributed by atoms with Gasteiger partial charge in [0.05, 0.1) is 9.80 Å². The van der Waals surface area contributed by atoms with Crippen molar-refractivity contribution < 1.29 is 24.0 Å². The smallest absolute Gasteiger partial charge is 0.342 e. The van der Waals surface area contributed by atoms with E-state index in [4.69, 9.17) is 14.7 Å². The lowest BCUT2D eigenvalue weighted by molar-refractivity contribution is -0.380. The molecule has 0 radical (unpaired) electrons. The van der Waals surface area contributed by atoms with E-state index in [9.17, 15) is 19.7 Å². The van der Waals surface area contributed by atoms with Crippen molar-refractivity contribution >= 4 is 28.3 Å². The van der Waals surface area contributed by atoms with E-state index in [0.717, 1.165) is 19.9 Å². The second-order valence-corrected chi connectivity index (χ2v) is 4.35. The van der Waals surface area contributed by atoms with E-state index in [0.29, 0.717) is 11.3 Å². The maximum atomic E-state index is 10.9. The molecule has 0 aromatic carbocycles. The molecule has 0 spiro atoms. The quantitative estimate of drug-likeness (QED) is 0.356. The molecule has 0 saturated heterocycles. The molecule has 0 bridgehead atoms. The van der Waals surface area contributed by atoms with Gasteiger partial charge in [-0.15, -0.1) is 0 Å². The number of hydrogen-bond donors (Lipinski definition) is 0. The third-order valence-corrected chi connectivity index (χ3v) is 2.90. The van der Waals surface area contributed by atoms with Gasteiger partial charge in [-0.3, -0.25) is 19.7 Å². The van der Waals surface area contributed by atoms with Crippen LogP contribution in [0.5, 0.6) is 0 Å². The zero-order valence-corrected chi connectivity index (χ0v) is 10.7. The van der Waals surface area contributed by atoms with Gasteiger partial charge in [0, 0.05) is 13.8 Å². The summed E-state index contributed by atoms with van der Waals surface area (Å²) < 4.78 is 9.47. The molecular weight excluding hydrogens is 276 g/mol. The predicted molar refractivity (Wildman–Crippen MR) is 62.0 cm³/mol. The van der Waals surface area contributed by atoms with Crippen molar-refractivity contribution in [1.29, 1.82) is 5.26 Å². The summed E-state index contributed by atoms with van der Waals surface area (Å²) >= 11 is 0.608. The lowest BCUT2D eigenvalue weighted by Gasteiger charge is -2.14. The van der Waals surface area contributed by atoms with Crippen molar-refractivity contribution in [2.24, 2.45) is 0 Å². The molecule has 0 aliphatic heterocycles. The number of nitro groups is 1. The van der Waals surface area contributed by atoms with Gasteiger partial charge in [0.1, 0.15) is 11.6 Å². The summed E-state index contributed by atoms with van der Waals surface area (Å²) in [5.74, 6) is -1.44. The van der Waals surface area contributed by atoms with Crippen molar-refractivity contribution in [2.45, 2.75) is 20.1 Å². The molecule has 0 N–H and O–H groups in total. The van der Waals surface area contributed by atoms with Crippen LogP contribution in [0, 0.1) is 21.4 Å². The van der Waals surface area contributed by atoms with Gasteiger partial charge < -0.3 is 9.47 Å². The molecule has 0 unspecified atom stereocenters. The highest BCUT2D eigenvalue weighted by atomic mass is 32.1. The molecule has 100 valence electrons. The first kappa shape index (κ1) is 14.6. The summed E-state index contributed by atoms with van der Waals surface area (Å²) in [4.78, 5) is 31.9. The Morgan fingerprint density at radius 1 is 1.42 bits per heavy atom. The van der Waals surface area contributed by atoms with Crippen LogP contribution in [0.25, 0.3) is 0 Å². The first-order valence-corrected chi connectivity index (χ1v) is 5.69. The second kappa shape index (κ2) is 5.92. The number of rotatable bonds is 4. The van der Waals surface area contributed by atoms with E-state index < -0.39 is 28.2 Å². The molecule has 1 aromatic rings. The Balaban J connectivity index is 3.15. The van der Waals surface area contributed by atoms with Gasteiger partial charge in [-0.25, -0.2) is 0 Å². The van der Waals surface area contributed by atoms with E-state index >= 15 is 0 Å². The monoisotopic (exact) mass is 284 g/mol. The fraction of sp³-hybridized carbons (Fsp3) is 0.300. The molecule has 0 atom stereocenters. The number of thiophene rings is 1. The van der Waals surface area contributed by atoms with Crippen LogP contribution in [0.1, 0.15) is 30.6 Å². The van der Waals surface area contributed by atoms with Crippen molar-refractivity contribution in [3.8, 4) is 6.07 Å². The Hall–Kier alpha value is -2.47. The highest BCUT2D eigenvalue weighted by Gasteiger charge is 2.27. The Bertz CT molecular complexity index is 557. The van der Waals surface area contributed by atoms with Gasteiger partial charge in [0.2, 0.25) is 0 Å². The standard InChI is InChI=1S/C10H8N2O6S/c1-5(13)17-10(18-6(2)14)8-3-7(4-11)9(19-8)12(15)16/h3,10H,1-2H3. The second-order valence-electron chi connectivity index (χ2n) is 3.29. The van der Waals surface area contributed by atoms with Crippen molar-refractivity contribution in [1.82, 2.24) is 0 Å². The average Bonchev–Trinajstić information content (AvgIpc) is 2.70. The number of carbonyl (C=O) groups is 2. The first-order chi connectivity index (χ1) is 8.85. The Labute approximate surface area is 111 Å². The molecule has 1 heterocycles. The van der Waals surface area contributed by atoms with Crippen molar-refractivity contribution in [3.63, 3.8) is 0 Å². The molecule has 8 nitrogen and oxygen atoms in total. The van der Waals surface area contributed by atoms with Gasteiger partial charge >= 0.3 is 16.9 Å². The maximum absolute atomic E-state index is 10.9. The largest absolute Gasteiger partial charge is 0.420 e. The minimum Gasteiger partial charge on any atom is -0.420 e. The number of ether oxygens (including phenoxy) is 2. The topological polar surface area (TPSA) is 120 Å². The van der Waals surface area contributed by atoms with Crippen LogP contribution in [-0.2, 0) is 19.1 Å². The Morgan fingerprint density at radius 3 is 2.26 bits per heavy atom. The highest BCUT2D eigenvalue weighted by molar-refractivity contribution is 7.15. The minimum atomic E-state index is -1.39. The number of nitrogens with zero attached hydrogens (tertiary/aromatic N) is 2. The molecule has 1 aromatic heterocycles. The Kier molecular flexibility index (Phi) is 4.55. The zero-order chi connectivity index (χ0) is 14.6. The molecule has 0 amide bonds. The van der Waals surface area contributed by atoms with Gasteiger partial charge in [-0.05, 0) is 6.07 Å². The van der Waals surface area contributed by atoms with E-state index in [1.807, 2.05) is 0 Å². The molecular formula is C10H8N2O6S. The SMILES string of the molecule is CC(=O)OC(OC(C)=O)c1cc(C#N)c([N+](=O)[O-])s1. The highest BCUT2D eigenvalue weighted by Crippen LogP contribution is 2.35. The van der Waals surface area contributed by atoms with Crippen LogP contribution in [0.15, 0.2) is 6.07 Å². The molecule has 0 aliphatic rings. The molecule has 0 saturated carbocycles. The van der Waals surface area contributed by atoms with E-state index in [1.54, 1.807) is 6.07 Å². The maximum Gasteiger partial charge on any atom is 0.342 e. The molecule has 19 heavy (non-hydrogen) atoms. The normalized spacial score (nSPS) is 9.79. The summed E-state index contributed by atoms with van der Waals surface area (Å²) in [6.07, 6.45) is -1.39. The fourth-order valence-corrected chi connectivity index (χ4v) is 2.06. The number of nitriles is 1. The lowest BCUT2D eigenvalue weighted by atomic mass is 10.3. The summed E-state index contributed by atoms with van der Waals surface area (Å²) in [5.41, 5.74) is -0.186. The van der Waals surface area contributed by atoms with Gasteiger partial charge in [0.15, 0.2) is 0 Å². The third kappa shape index (κ3) is 3.75. The van der Waals surface area contributed by atoms with Crippen LogP contribution in [0.2, 0.25) is 0 Å². The van der Waals surface area contributed by atoms with E-state index in [2.05, 4.69) is 0 Å². The summed E-state index contributed by atoms with van der Waals surface area (Å²) in [5, 5.41) is 19.1. The molecule has 0 fully saturated rings. The number of esters is 2. The van der Waals surface area contributed by atoms with Crippen molar-refractivity contribution in [2.75, 3.05) is 0 Å². The molecule has 9 heteroatoms. The minimum absolute atomic E-state index is 0.0913. The number of carbonyl (C=O) groups excluding carboxylic acids is 2. The van der Waals surface area contributed by atoms with E-state index in [1.165, 1.54) is 0 Å². The third-order valence-electron chi connectivity index (χ3n) is 1.80. The van der Waals surface area contributed by atoms with E-state index in [-0.39, 0.29) is 10.4 Å². The fourth-order valence-electron chi connectivity index (χ4n) is 1.17. The van der Waals surface area contributed by atoms with Crippen LogP contribution < -0.4 is 0 Å². The van der Waals surface area contributed by atoms with Crippen LogP contribution in [0.3, 0.4) is 0 Å². The molecule has 1 rings (SSSR count). The van der Waals surface area contributed by atoms with Crippen LogP contribution in [0.4, 0.5) is 5.00 Å². The van der Waals surface area contributed by atoms with Gasteiger partial charge in [0.25, 0.3) is 6.29 Å². The van der Waals surface area contributed by atoms with Crippen LogP contribution in [-0.4, -0.2) is 16.9 Å². The summed E-state index contributed by atoms with van der Waals surface area (Å²) in [7, 11) is 0. The first-order valence-electron chi connectivity index (χ1n) is 4.87. The number of hydrogen-bond acceptors (Lipinski definition) is 8. The predicted octanol–water partition coefficient (Wildman–Crippen LogP) is 1.65. The molecule has 0 aliphatic carbocycles.